The number of imide groups is 2. The minimum absolute atomic E-state index is 0.103. The van der Waals surface area contributed by atoms with E-state index in [-0.39, 0.29) is 5.57 Å². The molecule has 7 heteroatoms. The average Bonchev–Trinajstić information content (AvgIpc) is 2.78. The van der Waals surface area contributed by atoms with Crippen LogP contribution in [0.25, 0.3) is 6.08 Å². The fourth-order valence-electron chi connectivity index (χ4n) is 3.38. The van der Waals surface area contributed by atoms with Crippen LogP contribution in [0.2, 0.25) is 0 Å². The molecular formula is C25H27BrN2O4. The maximum absolute atomic E-state index is 12.9. The molecule has 1 heterocycles. The molecule has 0 bridgehead atoms. The molecule has 2 aromatic rings. The molecule has 0 aromatic heterocycles. The second-order valence-corrected chi connectivity index (χ2v) is 8.54. The fraction of sp³-hybridized carbons (Fsp3) is 0.320. The first-order chi connectivity index (χ1) is 15.5. The van der Waals surface area contributed by atoms with Gasteiger partial charge in [-0.3, -0.25) is 14.9 Å². The highest BCUT2D eigenvalue weighted by Crippen LogP contribution is 2.24. The van der Waals surface area contributed by atoms with Crippen LogP contribution < -0.4 is 15.0 Å². The van der Waals surface area contributed by atoms with Crippen LogP contribution in [0.1, 0.15) is 51.0 Å². The SMILES string of the molecule is CCCCCCCCOc1ccc(/C=C2/C(=O)NC(=O)N(c3ccc(Br)cc3)C2=O)cc1. The fourth-order valence-corrected chi connectivity index (χ4v) is 3.65. The molecule has 0 spiro atoms. The predicted molar refractivity (Wildman–Crippen MR) is 128 cm³/mol. The molecule has 1 N–H and O–H groups in total. The summed E-state index contributed by atoms with van der Waals surface area (Å²) in [5, 5.41) is 2.23. The Balaban J connectivity index is 1.63. The van der Waals surface area contributed by atoms with Gasteiger partial charge in [0.05, 0.1) is 12.3 Å². The number of rotatable bonds is 10. The molecule has 1 aliphatic rings. The molecule has 32 heavy (non-hydrogen) atoms. The lowest BCUT2D eigenvalue weighted by Gasteiger charge is -2.26. The molecule has 0 aliphatic carbocycles. The Morgan fingerprint density at radius 1 is 0.906 bits per heavy atom. The van der Waals surface area contributed by atoms with Crippen LogP contribution in [-0.4, -0.2) is 24.5 Å². The van der Waals surface area contributed by atoms with Crippen molar-refractivity contribution in [3.05, 3.63) is 64.1 Å². The number of carbonyl (C=O) groups excluding carboxylic acids is 3. The summed E-state index contributed by atoms with van der Waals surface area (Å²) in [6.45, 7) is 2.87. The summed E-state index contributed by atoms with van der Waals surface area (Å²) in [4.78, 5) is 38.4. The summed E-state index contributed by atoms with van der Waals surface area (Å²) < 4.78 is 6.59. The van der Waals surface area contributed by atoms with Crippen molar-refractivity contribution in [1.29, 1.82) is 0 Å². The van der Waals surface area contributed by atoms with Crippen molar-refractivity contribution >= 4 is 45.5 Å². The Hall–Kier alpha value is -2.93. The summed E-state index contributed by atoms with van der Waals surface area (Å²) in [7, 11) is 0. The van der Waals surface area contributed by atoms with Crippen molar-refractivity contribution in [2.24, 2.45) is 0 Å². The van der Waals surface area contributed by atoms with E-state index in [1.165, 1.54) is 31.8 Å². The number of urea groups is 1. The van der Waals surface area contributed by atoms with Gasteiger partial charge in [-0.1, -0.05) is 67.1 Å². The van der Waals surface area contributed by atoms with Gasteiger partial charge in [-0.15, -0.1) is 0 Å². The van der Waals surface area contributed by atoms with Crippen LogP contribution in [0.15, 0.2) is 58.6 Å². The largest absolute Gasteiger partial charge is 0.494 e. The standard InChI is InChI=1S/C25H27BrN2O4/c1-2-3-4-5-6-7-16-32-21-14-8-18(9-15-21)17-22-23(29)27-25(31)28(24(22)30)20-12-10-19(26)11-13-20/h8-15,17H,2-7,16H2,1H3,(H,27,29,31)/b22-17-. The number of nitrogens with one attached hydrogen (secondary N) is 1. The zero-order chi connectivity index (χ0) is 22.9. The number of unbranched alkanes of at least 4 members (excludes halogenated alkanes) is 5. The summed E-state index contributed by atoms with van der Waals surface area (Å²) >= 11 is 3.32. The minimum Gasteiger partial charge on any atom is -0.494 e. The summed E-state index contributed by atoms with van der Waals surface area (Å²) in [6.07, 6.45) is 8.70. The third-order valence-electron chi connectivity index (χ3n) is 5.14. The Morgan fingerprint density at radius 2 is 1.56 bits per heavy atom. The number of hydrogen-bond acceptors (Lipinski definition) is 4. The van der Waals surface area contributed by atoms with Gasteiger partial charge < -0.3 is 4.74 Å². The first-order valence-electron chi connectivity index (χ1n) is 10.9. The van der Waals surface area contributed by atoms with Crippen LogP contribution >= 0.6 is 15.9 Å². The van der Waals surface area contributed by atoms with E-state index in [1.54, 1.807) is 36.4 Å². The molecule has 0 unspecified atom stereocenters. The van der Waals surface area contributed by atoms with Crippen molar-refractivity contribution in [1.82, 2.24) is 5.32 Å². The average molecular weight is 499 g/mol. The number of benzene rings is 2. The zero-order valence-corrected chi connectivity index (χ0v) is 19.7. The van der Waals surface area contributed by atoms with Crippen LogP contribution in [0.5, 0.6) is 5.75 Å². The normalized spacial score (nSPS) is 15.2. The van der Waals surface area contributed by atoms with E-state index in [0.29, 0.717) is 17.9 Å². The highest BCUT2D eigenvalue weighted by atomic mass is 79.9. The molecular weight excluding hydrogens is 472 g/mol. The van der Waals surface area contributed by atoms with Gasteiger partial charge in [0.2, 0.25) is 0 Å². The lowest BCUT2D eigenvalue weighted by atomic mass is 10.1. The van der Waals surface area contributed by atoms with Crippen molar-refractivity contribution in [3.8, 4) is 5.75 Å². The van der Waals surface area contributed by atoms with Crippen molar-refractivity contribution < 1.29 is 19.1 Å². The number of ether oxygens (including phenoxy) is 1. The van der Waals surface area contributed by atoms with Gasteiger partial charge in [0.15, 0.2) is 0 Å². The Morgan fingerprint density at radius 3 is 2.25 bits per heavy atom. The predicted octanol–water partition coefficient (Wildman–Crippen LogP) is 5.85. The van der Waals surface area contributed by atoms with Gasteiger partial charge in [-0.05, 0) is 54.5 Å². The van der Waals surface area contributed by atoms with Crippen LogP contribution in [-0.2, 0) is 9.59 Å². The van der Waals surface area contributed by atoms with Gasteiger partial charge in [-0.25, -0.2) is 9.69 Å². The third-order valence-corrected chi connectivity index (χ3v) is 5.67. The lowest BCUT2D eigenvalue weighted by molar-refractivity contribution is -0.122. The van der Waals surface area contributed by atoms with Crippen molar-refractivity contribution in [3.63, 3.8) is 0 Å². The van der Waals surface area contributed by atoms with Gasteiger partial charge in [-0.2, -0.15) is 0 Å². The molecule has 6 nitrogen and oxygen atoms in total. The van der Waals surface area contributed by atoms with E-state index in [4.69, 9.17) is 4.74 Å². The van der Waals surface area contributed by atoms with Gasteiger partial charge in [0.25, 0.3) is 11.8 Å². The summed E-state index contributed by atoms with van der Waals surface area (Å²) in [6, 6.07) is 13.1. The van der Waals surface area contributed by atoms with Crippen LogP contribution in [0, 0.1) is 0 Å². The second-order valence-electron chi connectivity index (χ2n) is 7.62. The van der Waals surface area contributed by atoms with E-state index in [9.17, 15) is 14.4 Å². The molecule has 1 aliphatic heterocycles. The zero-order valence-electron chi connectivity index (χ0n) is 18.1. The Bertz CT molecular complexity index is 984. The molecule has 168 valence electrons. The highest BCUT2D eigenvalue weighted by molar-refractivity contribution is 9.10. The van der Waals surface area contributed by atoms with Crippen LogP contribution in [0.4, 0.5) is 10.5 Å². The van der Waals surface area contributed by atoms with Gasteiger partial charge in [0.1, 0.15) is 11.3 Å². The summed E-state index contributed by atoms with van der Waals surface area (Å²) in [5.74, 6) is -0.631. The number of anilines is 1. The van der Waals surface area contributed by atoms with E-state index in [2.05, 4.69) is 28.2 Å². The highest BCUT2D eigenvalue weighted by Gasteiger charge is 2.36. The molecule has 1 fully saturated rings. The number of halogens is 1. The molecule has 4 amide bonds. The first-order valence-corrected chi connectivity index (χ1v) is 11.7. The quantitative estimate of drug-likeness (QED) is 0.253. The monoisotopic (exact) mass is 498 g/mol. The molecule has 3 rings (SSSR count). The lowest BCUT2D eigenvalue weighted by Crippen LogP contribution is -2.54. The minimum atomic E-state index is -0.766. The smallest absolute Gasteiger partial charge is 0.335 e. The topological polar surface area (TPSA) is 75.7 Å². The van der Waals surface area contributed by atoms with E-state index < -0.39 is 17.8 Å². The number of hydrogen-bond donors (Lipinski definition) is 1. The maximum Gasteiger partial charge on any atom is 0.335 e. The number of amides is 4. The molecule has 0 saturated carbocycles. The molecule has 2 aromatic carbocycles. The summed E-state index contributed by atoms with van der Waals surface area (Å²) in [5.41, 5.74) is 0.946. The molecule has 0 atom stereocenters. The van der Waals surface area contributed by atoms with Crippen LogP contribution in [0.3, 0.4) is 0 Å². The van der Waals surface area contributed by atoms with E-state index in [0.717, 1.165) is 28.0 Å². The number of barbiturate groups is 1. The Kier molecular flexibility index (Phi) is 8.62. The number of carbonyl (C=O) groups is 3. The van der Waals surface area contributed by atoms with E-state index in [1.807, 2.05) is 12.1 Å². The van der Waals surface area contributed by atoms with Crippen molar-refractivity contribution in [2.75, 3.05) is 11.5 Å². The second kappa shape index (κ2) is 11.6. The number of nitrogens with zero attached hydrogens (tertiary/aromatic N) is 1. The van der Waals surface area contributed by atoms with Gasteiger partial charge >= 0.3 is 6.03 Å². The van der Waals surface area contributed by atoms with Crippen molar-refractivity contribution in [2.45, 2.75) is 45.4 Å². The van der Waals surface area contributed by atoms with E-state index >= 15 is 0 Å². The first kappa shape index (κ1) is 23.7. The third kappa shape index (κ3) is 6.29. The maximum atomic E-state index is 12.9. The molecule has 0 radical (unpaired) electrons. The molecule has 1 saturated heterocycles. The van der Waals surface area contributed by atoms with Gasteiger partial charge in [0, 0.05) is 4.47 Å². The Labute approximate surface area is 196 Å².